The molecule has 1 saturated heterocycles. The molecule has 4 rings (SSSR count). The van der Waals surface area contributed by atoms with E-state index in [0.717, 1.165) is 0 Å². The lowest BCUT2D eigenvalue weighted by atomic mass is 9.95. The van der Waals surface area contributed by atoms with Crippen LogP contribution in [0.5, 0.6) is 0 Å². The van der Waals surface area contributed by atoms with Crippen molar-refractivity contribution in [3.8, 4) is 0 Å². The molecule has 0 amide bonds. The van der Waals surface area contributed by atoms with Crippen molar-refractivity contribution in [2.75, 3.05) is 32.9 Å². The Morgan fingerprint density at radius 3 is 2.85 bits per heavy atom. The monoisotopic (exact) mass is 524 g/mol. The molecule has 180 valence electrons. The predicted octanol–water partition coefficient (Wildman–Crippen LogP) is 3.14. The minimum Gasteiger partial charge on any atom is -0.480 e. The van der Waals surface area contributed by atoms with Crippen molar-refractivity contribution in [1.82, 2.24) is 15.2 Å². The first-order valence-electron chi connectivity index (χ1n) is 10.5. The third kappa shape index (κ3) is 5.26. The molecule has 1 aromatic carbocycles. The highest BCUT2D eigenvalue weighted by Crippen LogP contribution is 2.36. The predicted molar refractivity (Wildman–Crippen MR) is 128 cm³/mol. The second-order valence-corrected chi connectivity index (χ2v) is 9.24. The second kappa shape index (κ2) is 10.8. The van der Waals surface area contributed by atoms with Crippen LogP contribution in [-0.2, 0) is 19.1 Å². The molecule has 0 radical (unpaired) electrons. The zero-order chi connectivity index (χ0) is 24.2. The molecule has 0 saturated carbocycles. The molecule has 9 nitrogen and oxygen atoms in total. The Balaban J connectivity index is 1.82. The number of carbonyl (C=O) groups excluding carboxylic acids is 1. The lowest BCUT2D eigenvalue weighted by Gasteiger charge is -2.35. The summed E-state index contributed by atoms with van der Waals surface area (Å²) in [7, 11) is 0. The number of benzene rings is 1. The van der Waals surface area contributed by atoms with Crippen LogP contribution in [-0.4, -0.2) is 71.7 Å². The number of halogens is 2. The summed E-state index contributed by atoms with van der Waals surface area (Å²) < 4.78 is 10.7. The van der Waals surface area contributed by atoms with Gasteiger partial charge in [0.05, 0.1) is 35.4 Å². The number of nitrogens with one attached hydrogen (secondary N) is 1. The number of carbonyl (C=O) groups is 2. The summed E-state index contributed by atoms with van der Waals surface area (Å²) in [6.07, 6.45) is 1.66. The molecule has 2 atom stereocenters. The zero-order valence-corrected chi connectivity index (χ0v) is 20.5. The molecule has 1 aromatic heterocycles. The highest BCUT2D eigenvalue weighted by molar-refractivity contribution is 7.11. The third-order valence-corrected chi connectivity index (χ3v) is 6.92. The number of carboxylic acids is 1. The molecule has 0 unspecified atom stereocenters. The van der Waals surface area contributed by atoms with E-state index in [1.54, 1.807) is 36.2 Å². The van der Waals surface area contributed by atoms with Gasteiger partial charge in [-0.3, -0.25) is 14.7 Å². The van der Waals surface area contributed by atoms with Gasteiger partial charge in [0.25, 0.3) is 0 Å². The topological polar surface area (TPSA) is 113 Å². The SMILES string of the molecule is CCOC(=O)C1=C(CN2CCOC[C@H]2C(=O)O)NC(c2nccs2)=N[C@H]1c1ccc(Cl)c(Cl)c1. The lowest BCUT2D eigenvalue weighted by molar-refractivity contribution is -0.149. The Labute approximate surface area is 210 Å². The highest BCUT2D eigenvalue weighted by Gasteiger charge is 2.36. The maximum absolute atomic E-state index is 13.2. The van der Waals surface area contributed by atoms with Gasteiger partial charge in [0.15, 0.2) is 10.8 Å². The van der Waals surface area contributed by atoms with Crippen molar-refractivity contribution >= 4 is 52.3 Å². The van der Waals surface area contributed by atoms with E-state index in [9.17, 15) is 14.7 Å². The first-order chi connectivity index (χ1) is 16.4. The summed E-state index contributed by atoms with van der Waals surface area (Å²) in [6, 6.07) is 3.45. The van der Waals surface area contributed by atoms with Gasteiger partial charge in [-0.1, -0.05) is 29.3 Å². The minimum atomic E-state index is -0.997. The van der Waals surface area contributed by atoms with Crippen LogP contribution < -0.4 is 5.32 Å². The first kappa shape index (κ1) is 24.6. The maximum atomic E-state index is 13.2. The number of esters is 1. The van der Waals surface area contributed by atoms with Crippen molar-refractivity contribution in [3.05, 3.63) is 61.7 Å². The fraction of sp³-hybridized carbons (Fsp3) is 0.364. The molecule has 0 aliphatic carbocycles. The van der Waals surface area contributed by atoms with Gasteiger partial charge in [-0.25, -0.2) is 9.78 Å². The van der Waals surface area contributed by atoms with Crippen molar-refractivity contribution in [3.63, 3.8) is 0 Å². The summed E-state index contributed by atoms with van der Waals surface area (Å²) in [5.41, 5.74) is 1.40. The van der Waals surface area contributed by atoms with E-state index in [0.29, 0.717) is 45.3 Å². The number of ether oxygens (including phenoxy) is 2. The van der Waals surface area contributed by atoms with Gasteiger partial charge in [0.1, 0.15) is 12.1 Å². The Kier molecular flexibility index (Phi) is 7.84. The number of amidine groups is 1. The number of hydrogen-bond donors (Lipinski definition) is 2. The van der Waals surface area contributed by atoms with Crippen molar-refractivity contribution in [2.45, 2.75) is 19.0 Å². The zero-order valence-electron chi connectivity index (χ0n) is 18.2. The third-order valence-electron chi connectivity index (χ3n) is 5.40. The molecule has 2 aromatic rings. The summed E-state index contributed by atoms with van der Waals surface area (Å²) in [4.78, 5) is 35.9. The molecule has 34 heavy (non-hydrogen) atoms. The van der Waals surface area contributed by atoms with Crippen LogP contribution in [0.25, 0.3) is 0 Å². The summed E-state index contributed by atoms with van der Waals surface area (Å²) >= 11 is 13.8. The smallest absolute Gasteiger partial charge is 0.338 e. The quantitative estimate of drug-likeness (QED) is 0.531. The van der Waals surface area contributed by atoms with E-state index in [-0.39, 0.29) is 25.3 Å². The fourth-order valence-electron chi connectivity index (χ4n) is 3.80. The maximum Gasteiger partial charge on any atom is 0.338 e. The number of rotatable bonds is 7. The highest BCUT2D eigenvalue weighted by atomic mass is 35.5. The second-order valence-electron chi connectivity index (χ2n) is 7.53. The van der Waals surface area contributed by atoms with Gasteiger partial charge in [-0.15, -0.1) is 11.3 Å². The van der Waals surface area contributed by atoms with Crippen molar-refractivity contribution in [2.24, 2.45) is 4.99 Å². The van der Waals surface area contributed by atoms with Gasteiger partial charge in [-0.05, 0) is 24.6 Å². The Morgan fingerprint density at radius 1 is 1.35 bits per heavy atom. The van der Waals surface area contributed by atoms with E-state index >= 15 is 0 Å². The summed E-state index contributed by atoms with van der Waals surface area (Å²) in [6.45, 7) is 2.86. The van der Waals surface area contributed by atoms with Gasteiger partial charge in [0.2, 0.25) is 0 Å². The molecular formula is C22H22Cl2N4O5S. The van der Waals surface area contributed by atoms with E-state index in [4.69, 9.17) is 37.7 Å². The largest absolute Gasteiger partial charge is 0.480 e. The van der Waals surface area contributed by atoms with Gasteiger partial charge < -0.3 is 19.9 Å². The van der Waals surface area contributed by atoms with Crippen molar-refractivity contribution in [1.29, 1.82) is 0 Å². The average molecular weight is 525 g/mol. The van der Waals surface area contributed by atoms with Gasteiger partial charge in [-0.2, -0.15) is 0 Å². The molecule has 2 aliphatic heterocycles. The summed E-state index contributed by atoms with van der Waals surface area (Å²) in [5, 5.41) is 16.0. The van der Waals surface area contributed by atoms with Crippen molar-refractivity contribution < 1.29 is 24.2 Å². The van der Waals surface area contributed by atoms with Gasteiger partial charge in [0, 0.05) is 30.4 Å². The minimum absolute atomic E-state index is 0.0565. The van der Waals surface area contributed by atoms with Crippen LogP contribution in [0.15, 0.2) is 46.0 Å². The van der Waals surface area contributed by atoms with Crippen LogP contribution >= 0.6 is 34.5 Å². The molecule has 3 heterocycles. The number of aliphatic carboxylic acids is 1. The number of thiazole rings is 1. The average Bonchev–Trinajstić information content (AvgIpc) is 3.36. The first-order valence-corrected chi connectivity index (χ1v) is 12.2. The number of hydrogen-bond acceptors (Lipinski definition) is 9. The fourth-order valence-corrected chi connectivity index (χ4v) is 4.69. The normalized spacial score (nSPS) is 21.1. The van der Waals surface area contributed by atoms with Crippen LogP contribution in [0.4, 0.5) is 0 Å². The standard InChI is InChI=1S/C22H22Cl2N4O5S/c1-2-33-22(31)17-15(10-28-6-7-32-11-16(28)21(29)30)26-19(20-25-5-8-34-20)27-18(17)12-3-4-13(23)14(24)9-12/h3-5,8-9,16,18H,2,6-7,10-11H2,1H3,(H,26,27)(H,29,30)/t16-,18-/m0/s1. The van der Waals surface area contributed by atoms with Crippen LogP contribution in [0.3, 0.4) is 0 Å². The molecule has 2 aliphatic rings. The van der Waals surface area contributed by atoms with Gasteiger partial charge >= 0.3 is 11.9 Å². The Morgan fingerprint density at radius 2 is 2.18 bits per heavy atom. The lowest BCUT2D eigenvalue weighted by Crippen LogP contribution is -2.52. The van der Waals surface area contributed by atoms with E-state index in [1.807, 2.05) is 5.38 Å². The van der Waals surface area contributed by atoms with Crippen LogP contribution in [0, 0.1) is 0 Å². The van der Waals surface area contributed by atoms with Crippen LogP contribution in [0.2, 0.25) is 10.0 Å². The number of morpholine rings is 1. The number of nitrogens with zero attached hydrogens (tertiary/aromatic N) is 3. The Bertz CT molecular complexity index is 1140. The van der Waals surface area contributed by atoms with E-state index in [1.165, 1.54) is 11.3 Å². The number of carboxylic acid groups (broad SMARTS) is 1. The molecule has 12 heteroatoms. The number of aromatic nitrogens is 1. The van der Waals surface area contributed by atoms with E-state index in [2.05, 4.69) is 10.3 Å². The Hall–Kier alpha value is -2.50. The summed E-state index contributed by atoms with van der Waals surface area (Å²) in [5.74, 6) is -1.08. The number of aliphatic imine (C=N–C) groups is 1. The van der Waals surface area contributed by atoms with E-state index < -0.39 is 24.0 Å². The van der Waals surface area contributed by atoms with Crippen LogP contribution in [0.1, 0.15) is 23.5 Å². The molecular weight excluding hydrogens is 503 g/mol. The molecule has 2 N–H and O–H groups in total. The molecule has 1 fully saturated rings. The molecule has 0 spiro atoms. The molecule has 0 bridgehead atoms.